The Bertz CT molecular complexity index is 1750. The molecule has 2 N–H and O–H groups in total. The van der Waals surface area contributed by atoms with Gasteiger partial charge in [-0.05, 0) is 72.8 Å². The second-order valence-electron chi connectivity index (χ2n) is 8.77. The molecule has 42 heavy (non-hydrogen) atoms. The highest BCUT2D eigenvalue weighted by molar-refractivity contribution is 7.93. The van der Waals surface area contributed by atoms with E-state index in [-0.39, 0.29) is 26.9 Å². The van der Waals surface area contributed by atoms with Gasteiger partial charge in [-0.1, -0.05) is 18.2 Å². The summed E-state index contributed by atoms with van der Waals surface area (Å²) in [4.78, 5) is 13.0. The number of nitrogens with zero attached hydrogens (tertiary/aromatic N) is 1. The molecular weight excluding hydrogens is 582 g/mol. The van der Waals surface area contributed by atoms with Gasteiger partial charge >= 0.3 is 0 Å². The van der Waals surface area contributed by atoms with Gasteiger partial charge in [0.2, 0.25) is 5.91 Å². The van der Waals surface area contributed by atoms with Crippen LogP contribution < -0.4 is 28.6 Å². The second-order valence-corrected chi connectivity index (χ2v) is 12.3. The highest BCUT2D eigenvalue weighted by Crippen LogP contribution is 2.31. The Morgan fingerprint density at radius 2 is 1.33 bits per heavy atom. The SMILES string of the molecule is COc1ccc(N(CC(=O)Nc2ccc(S(=O)(=O)Nc3cc(OC)ccc3OC)cc2)S(=O)(=O)c2ccccc2)cc1. The van der Waals surface area contributed by atoms with Crippen LogP contribution in [0.2, 0.25) is 0 Å². The number of amides is 1. The Morgan fingerprint density at radius 3 is 1.93 bits per heavy atom. The van der Waals surface area contributed by atoms with E-state index in [4.69, 9.17) is 14.2 Å². The first-order chi connectivity index (χ1) is 20.1. The second kappa shape index (κ2) is 12.8. The number of methoxy groups -OCH3 is 3. The van der Waals surface area contributed by atoms with E-state index in [1.165, 1.54) is 75.9 Å². The van der Waals surface area contributed by atoms with Crippen molar-refractivity contribution in [3.05, 3.63) is 97.1 Å². The van der Waals surface area contributed by atoms with Crippen molar-refractivity contribution in [1.82, 2.24) is 0 Å². The monoisotopic (exact) mass is 611 g/mol. The van der Waals surface area contributed by atoms with Gasteiger partial charge in [-0.2, -0.15) is 0 Å². The fourth-order valence-electron chi connectivity index (χ4n) is 3.93. The summed E-state index contributed by atoms with van der Waals surface area (Å²) in [5.74, 6) is 0.620. The van der Waals surface area contributed by atoms with Crippen molar-refractivity contribution in [3.63, 3.8) is 0 Å². The van der Waals surface area contributed by atoms with Crippen molar-refractivity contribution in [2.24, 2.45) is 0 Å². The molecule has 1 amide bonds. The number of hydrogen-bond donors (Lipinski definition) is 2. The lowest BCUT2D eigenvalue weighted by atomic mass is 10.3. The van der Waals surface area contributed by atoms with Crippen molar-refractivity contribution in [1.29, 1.82) is 0 Å². The van der Waals surface area contributed by atoms with Crippen LogP contribution in [0.5, 0.6) is 17.2 Å². The lowest BCUT2D eigenvalue weighted by Gasteiger charge is -2.24. The lowest BCUT2D eigenvalue weighted by molar-refractivity contribution is -0.114. The maximum absolute atomic E-state index is 13.5. The first-order valence-corrected chi connectivity index (χ1v) is 15.4. The third-order valence-corrected chi connectivity index (χ3v) is 9.25. The van der Waals surface area contributed by atoms with Crippen LogP contribution in [-0.2, 0) is 24.8 Å². The summed E-state index contributed by atoms with van der Waals surface area (Å²) in [7, 11) is -3.76. The Kier molecular flexibility index (Phi) is 9.23. The molecule has 4 aromatic rings. The van der Waals surface area contributed by atoms with Crippen molar-refractivity contribution in [3.8, 4) is 17.2 Å². The molecule has 0 spiro atoms. The van der Waals surface area contributed by atoms with Gasteiger partial charge in [0.1, 0.15) is 23.8 Å². The van der Waals surface area contributed by atoms with E-state index >= 15 is 0 Å². The van der Waals surface area contributed by atoms with Crippen LogP contribution >= 0.6 is 0 Å². The normalized spacial score (nSPS) is 11.3. The molecule has 0 bridgehead atoms. The third kappa shape index (κ3) is 6.93. The maximum atomic E-state index is 13.5. The van der Waals surface area contributed by atoms with Gasteiger partial charge in [-0.15, -0.1) is 0 Å². The molecule has 0 radical (unpaired) electrons. The van der Waals surface area contributed by atoms with Crippen molar-refractivity contribution in [2.75, 3.05) is 42.2 Å². The van der Waals surface area contributed by atoms with Crippen molar-refractivity contribution in [2.45, 2.75) is 9.79 Å². The molecule has 11 nitrogen and oxygen atoms in total. The van der Waals surface area contributed by atoms with Crippen LogP contribution in [0, 0.1) is 0 Å². The summed E-state index contributed by atoms with van der Waals surface area (Å²) in [5.41, 5.74) is 0.715. The minimum Gasteiger partial charge on any atom is -0.497 e. The van der Waals surface area contributed by atoms with Crippen molar-refractivity contribution >= 4 is 43.0 Å². The number of benzene rings is 4. The fourth-order valence-corrected chi connectivity index (χ4v) is 6.43. The maximum Gasteiger partial charge on any atom is 0.264 e. The number of hydrogen-bond acceptors (Lipinski definition) is 8. The molecule has 0 aliphatic carbocycles. The van der Waals surface area contributed by atoms with Crippen LogP contribution in [0.25, 0.3) is 0 Å². The van der Waals surface area contributed by atoms with Crippen LogP contribution in [0.1, 0.15) is 0 Å². The van der Waals surface area contributed by atoms with E-state index in [2.05, 4.69) is 10.0 Å². The number of ether oxygens (including phenoxy) is 3. The molecule has 0 heterocycles. The molecule has 220 valence electrons. The molecule has 0 saturated carbocycles. The molecule has 0 atom stereocenters. The summed E-state index contributed by atoms with van der Waals surface area (Å²) < 4.78 is 72.0. The van der Waals surface area contributed by atoms with Gasteiger partial charge < -0.3 is 19.5 Å². The standard InChI is InChI=1S/C29H29N3O8S2/c1-38-23-13-11-22(12-14-23)32(42(36,37)26-7-5-4-6-8-26)20-29(33)30-21-9-16-25(17-10-21)41(34,35)31-27-19-24(39-2)15-18-28(27)40-3/h4-19,31H,20H2,1-3H3,(H,30,33). The third-order valence-electron chi connectivity index (χ3n) is 6.08. The highest BCUT2D eigenvalue weighted by Gasteiger charge is 2.27. The van der Waals surface area contributed by atoms with Gasteiger partial charge in [0, 0.05) is 11.8 Å². The minimum absolute atomic E-state index is 0.0170. The lowest BCUT2D eigenvalue weighted by Crippen LogP contribution is -2.38. The summed E-state index contributed by atoms with van der Waals surface area (Å²) in [6.07, 6.45) is 0. The molecule has 0 saturated heterocycles. The van der Waals surface area contributed by atoms with Gasteiger partial charge in [-0.25, -0.2) is 16.8 Å². The van der Waals surface area contributed by atoms with Gasteiger partial charge in [0.25, 0.3) is 20.0 Å². The van der Waals surface area contributed by atoms with E-state index in [0.29, 0.717) is 17.2 Å². The van der Waals surface area contributed by atoms with Crippen molar-refractivity contribution < 1.29 is 35.8 Å². The number of carbonyl (C=O) groups excluding carboxylic acids is 1. The Morgan fingerprint density at radius 1 is 0.714 bits per heavy atom. The number of rotatable bonds is 12. The van der Waals surface area contributed by atoms with Gasteiger partial charge in [0.15, 0.2) is 0 Å². The van der Waals surface area contributed by atoms with E-state index in [9.17, 15) is 21.6 Å². The molecular formula is C29H29N3O8S2. The fraction of sp³-hybridized carbons (Fsp3) is 0.138. The van der Waals surface area contributed by atoms with Crippen LogP contribution in [0.15, 0.2) is 107 Å². The number of nitrogens with one attached hydrogen (secondary N) is 2. The molecule has 0 fully saturated rings. The topological polar surface area (TPSA) is 140 Å². The molecule has 4 aromatic carbocycles. The molecule has 0 unspecified atom stereocenters. The molecule has 0 aliphatic rings. The number of carbonyl (C=O) groups is 1. The van der Waals surface area contributed by atoms with Gasteiger partial charge in [0.05, 0.1) is 42.5 Å². The summed E-state index contributed by atoms with van der Waals surface area (Å²) in [6.45, 7) is -0.541. The van der Waals surface area contributed by atoms with Crippen LogP contribution in [0.3, 0.4) is 0 Å². The zero-order chi connectivity index (χ0) is 30.3. The number of anilines is 3. The van der Waals surface area contributed by atoms with E-state index in [0.717, 1.165) is 4.31 Å². The summed E-state index contributed by atoms with van der Waals surface area (Å²) >= 11 is 0. The summed E-state index contributed by atoms with van der Waals surface area (Å²) in [6, 6.07) is 24.1. The van der Waals surface area contributed by atoms with Gasteiger partial charge in [-0.3, -0.25) is 13.8 Å². The van der Waals surface area contributed by atoms with Crippen LogP contribution in [-0.4, -0.2) is 50.6 Å². The van der Waals surface area contributed by atoms with E-state index in [1.807, 2.05) is 0 Å². The first-order valence-electron chi connectivity index (χ1n) is 12.4. The van der Waals surface area contributed by atoms with Crippen LogP contribution in [0.4, 0.5) is 17.1 Å². The zero-order valence-electron chi connectivity index (χ0n) is 23.0. The predicted octanol–water partition coefficient (Wildman–Crippen LogP) is 4.35. The predicted molar refractivity (Wildman–Crippen MR) is 159 cm³/mol. The average molecular weight is 612 g/mol. The Hall–Kier alpha value is -4.75. The Balaban J connectivity index is 1.53. The van der Waals surface area contributed by atoms with E-state index in [1.54, 1.807) is 42.5 Å². The smallest absolute Gasteiger partial charge is 0.264 e. The minimum atomic E-state index is -4.10. The molecule has 4 rings (SSSR count). The molecule has 0 aromatic heterocycles. The summed E-state index contributed by atoms with van der Waals surface area (Å²) in [5, 5.41) is 2.63. The average Bonchev–Trinajstić information content (AvgIpc) is 3.00. The zero-order valence-corrected chi connectivity index (χ0v) is 24.6. The Labute approximate surface area is 244 Å². The number of sulfonamides is 2. The molecule has 0 aliphatic heterocycles. The first kappa shape index (κ1) is 30.2. The quantitative estimate of drug-likeness (QED) is 0.241. The highest BCUT2D eigenvalue weighted by atomic mass is 32.2. The molecule has 13 heteroatoms. The largest absolute Gasteiger partial charge is 0.497 e. The van der Waals surface area contributed by atoms with E-state index < -0.39 is 32.5 Å².